The number of benzene rings is 1. The number of carbonyl (C=O) groups is 1. The van der Waals surface area contributed by atoms with Gasteiger partial charge in [-0.2, -0.15) is 0 Å². The number of aryl methyl sites for hydroxylation is 1. The highest BCUT2D eigenvalue weighted by Crippen LogP contribution is 2.24. The summed E-state index contributed by atoms with van der Waals surface area (Å²) in [5.41, 5.74) is 1.18. The summed E-state index contributed by atoms with van der Waals surface area (Å²) in [5.74, 6) is -0.326. The quantitative estimate of drug-likeness (QED) is 0.711. The molecule has 0 atom stereocenters. The Balaban J connectivity index is 2.63. The summed E-state index contributed by atoms with van der Waals surface area (Å²) in [5, 5.41) is 0.905. The second-order valence-corrected chi connectivity index (χ2v) is 4.25. The maximum atomic E-state index is 13.3. The van der Waals surface area contributed by atoms with Crippen molar-refractivity contribution in [2.45, 2.75) is 13.3 Å². The fraction of sp³-hybridized carbons (Fsp3) is 0.200. The molecule has 0 radical (unpaired) electrons. The number of hydrogen-bond acceptors (Lipinski definition) is 3. The second kappa shape index (κ2) is 3.46. The molecule has 2 rings (SSSR count). The summed E-state index contributed by atoms with van der Waals surface area (Å²) < 4.78 is 14.2. The van der Waals surface area contributed by atoms with Gasteiger partial charge in [0.15, 0.2) is 0 Å². The molecule has 0 aliphatic rings. The lowest BCUT2D eigenvalue weighted by Gasteiger charge is -1.97. The van der Waals surface area contributed by atoms with Crippen molar-refractivity contribution in [3.63, 3.8) is 0 Å². The molecule has 0 bridgehead atoms. The predicted molar refractivity (Wildman–Crippen MR) is 54.1 cm³/mol. The van der Waals surface area contributed by atoms with Gasteiger partial charge in [0.1, 0.15) is 12.1 Å². The SMILES string of the molecule is Cc1nc2cc(CC=O)c(F)cc2s1. The van der Waals surface area contributed by atoms with Crippen molar-refractivity contribution >= 4 is 27.8 Å². The molecular weight excluding hydrogens is 201 g/mol. The summed E-state index contributed by atoms with van der Waals surface area (Å²) in [4.78, 5) is 14.5. The summed E-state index contributed by atoms with van der Waals surface area (Å²) >= 11 is 1.45. The first-order valence-electron chi connectivity index (χ1n) is 4.20. The second-order valence-electron chi connectivity index (χ2n) is 3.02. The number of hydrogen-bond donors (Lipinski definition) is 0. The summed E-state index contributed by atoms with van der Waals surface area (Å²) in [7, 11) is 0. The Morgan fingerprint density at radius 2 is 2.36 bits per heavy atom. The van der Waals surface area contributed by atoms with Crippen LogP contribution < -0.4 is 0 Å². The highest BCUT2D eigenvalue weighted by Gasteiger charge is 2.07. The topological polar surface area (TPSA) is 30.0 Å². The fourth-order valence-electron chi connectivity index (χ4n) is 1.35. The van der Waals surface area contributed by atoms with Gasteiger partial charge in [0.25, 0.3) is 0 Å². The van der Waals surface area contributed by atoms with Crippen molar-refractivity contribution < 1.29 is 9.18 Å². The first-order chi connectivity index (χ1) is 6.70. The van der Waals surface area contributed by atoms with Crippen LogP contribution in [-0.4, -0.2) is 11.3 Å². The van der Waals surface area contributed by atoms with Crippen LogP contribution >= 0.6 is 11.3 Å². The first-order valence-corrected chi connectivity index (χ1v) is 5.01. The Morgan fingerprint density at radius 1 is 1.57 bits per heavy atom. The lowest BCUT2D eigenvalue weighted by molar-refractivity contribution is -0.107. The number of halogens is 1. The molecule has 2 aromatic rings. The predicted octanol–water partition coefficient (Wildman–Crippen LogP) is 2.49. The zero-order valence-electron chi connectivity index (χ0n) is 7.58. The summed E-state index contributed by atoms with van der Waals surface area (Å²) in [6.45, 7) is 1.88. The third kappa shape index (κ3) is 1.53. The van der Waals surface area contributed by atoms with Crippen molar-refractivity contribution in [2.75, 3.05) is 0 Å². The molecule has 1 aromatic heterocycles. The standard InChI is InChI=1S/C10H8FNOS/c1-6-12-9-4-7(2-3-13)8(11)5-10(9)14-6/h3-5H,2H2,1H3. The van der Waals surface area contributed by atoms with Gasteiger partial charge in [-0.1, -0.05) is 0 Å². The third-order valence-electron chi connectivity index (χ3n) is 1.97. The van der Waals surface area contributed by atoms with E-state index in [-0.39, 0.29) is 12.2 Å². The van der Waals surface area contributed by atoms with Crippen LogP contribution in [-0.2, 0) is 11.2 Å². The van der Waals surface area contributed by atoms with Gasteiger partial charge in [-0.3, -0.25) is 0 Å². The Bertz CT molecular complexity index is 492. The molecule has 2 nitrogen and oxygen atoms in total. The molecule has 14 heavy (non-hydrogen) atoms. The van der Waals surface area contributed by atoms with Crippen LogP contribution in [0.2, 0.25) is 0 Å². The van der Waals surface area contributed by atoms with E-state index in [4.69, 9.17) is 0 Å². The van der Waals surface area contributed by atoms with Crippen molar-refractivity contribution in [2.24, 2.45) is 0 Å². The van der Waals surface area contributed by atoms with Crippen molar-refractivity contribution in [3.05, 3.63) is 28.5 Å². The van der Waals surface area contributed by atoms with Crippen molar-refractivity contribution in [3.8, 4) is 0 Å². The summed E-state index contributed by atoms with van der Waals surface area (Å²) in [6.07, 6.45) is 0.807. The molecule has 1 heterocycles. The molecule has 0 fully saturated rings. The Kier molecular flexibility index (Phi) is 2.29. The van der Waals surface area contributed by atoms with Crippen LogP contribution in [0.5, 0.6) is 0 Å². The van der Waals surface area contributed by atoms with Gasteiger partial charge >= 0.3 is 0 Å². The number of rotatable bonds is 2. The van der Waals surface area contributed by atoms with Crippen molar-refractivity contribution in [1.82, 2.24) is 4.98 Å². The number of aromatic nitrogens is 1. The Hall–Kier alpha value is -1.29. The molecule has 72 valence electrons. The zero-order valence-corrected chi connectivity index (χ0v) is 8.40. The summed E-state index contributed by atoms with van der Waals surface area (Å²) in [6, 6.07) is 3.08. The van der Waals surface area contributed by atoms with Gasteiger partial charge in [0.2, 0.25) is 0 Å². The Morgan fingerprint density at radius 3 is 3.07 bits per heavy atom. The molecule has 4 heteroatoms. The number of fused-ring (bicyclic) bond motifs is 1. The number of aldehydes is 1. The number of thiazole rings is 1. The van der Waals surface area contributed by atoms with Gasteiger partial charge in [-0.05, 0) is 24.6 Å². The average Bonchev–Trinajstić information content (AvgIpc) is 2.45. The van der Waals surface area contributed by atoms with Crippen LogP contribution in [0.25, 0.3) is 10.2 Å². The minimum Gasteiger partial charge on any atom is -0.303 e. The number of carbonyl (C=O) groups excluding carboxylic acids is 1. The van der Waals surface area contributed by atoms with Crippen LogP contribution in [0.3, 0.4) is 0 Å². The molecule has 0 saturated carbocycles. The van der Waals surface area contributed by atoms with Crippen LogP contribution in [0.4, 0.5) is 4.39 Å². The van der Waals surface area contributed by atoms with E-state index in [0.717, 1.165) is 15.2 Å². The van der Waals surface area contributed by atoms with Gasteiger partial charge in [-0.15, -0.1) is 11.3 Å². The molecule has 1 aromatic carbocycles. The van der Waals surface area contributed by atoms with Crippen LogP contribution in [0, 0.1) is 12.7 Å². The van der Waals surface area contributed by atoms with E-state index >= 15 is 0 Å². The maximum absolute atomic E-state index is 13.3. The molecule has 0 aliphatic heterocycles. The van der Waals surface area contributed by atoms with Crippen molar-refractivity contribution in [1.29, 1.82) is 0 Å². The molecule has 0 N–H and O–H groups in total. The molecule has 0 aliphatic carbocycles. The molecule has 0 spiro atoms. The van der Waals surface area contributed by atoms with E-state index in [0.29, 0.717) is 11.8 Å². The number of nitrogens with zero attached hydrogens (tertiary/aromatic N) is 1. The normalized spacial score (nSPS) is 10.7. The third-order valence-corrected chi connectivity index (χ3v) is 2.90. The minimum atomic E-state index is -0.326. The van der Waals surface area contributed by atoms with E-state index in [1.165, 1.54) is 17.4 Å². The minimum absolute atomic E-state index is 0.109. The smallest absolute Gasteiger partial charge is 0.128 e. The van der Waals surface area contributed by atoms with E-state index in [2.05, 4.69) is 4.98 Å². The van der Waals surface area contributed by atoms with E-state index in [1.807, 2.05) is 6.92 Å². The lowest BCUT2D eigenvalue weighted by atomic mass is 10.1. The van der Waals surface area contributed by atoms with Gasteiger partial charge in [0.05, 0.1) is 15.2 Å². The van der Waals surface area contributed by atoms with Crippen LogP contribution in [0.1, 0.15) is 10.6 Å². The lowest BCUT2D eigenvalue weighted by Crippen LogP contribution is -1.90. The molecule has 0 unspecified atom stereocenters. The highest BCUT2D eigenvalue weighted by atomic mass is 32.1. The monoisotopic (exact) mass is 209 g/mol. The van der Waals surface area contributed by atoms with E-state index < -0.39 is 0 Å². The Labute approximate surface area is 84.4 Å². The van der Waals surface area contributed by atoms with Gasteiger partial charge in [-0.25, -0.2) is 9.37 Å². The molecule has 0 saturated heterocycles. The molecular formula is C10H8FNOS. The van der Waals surface area contributed by atoms with Gasteiger partial charge < -0.3 is 4.79 Å². The highest BCUT2D eigenvalue weighted by molar-refractivity contribution is 7.18. The fourth-order valence-corrected chi connectivity index (χ4v) is 2.19. The largest absolute Gasteiger partial charge is 0.303 e. The van der Waals surface area contributed by atoms with Gasteiger partial charge in [0, 0.05) is 6.42 Å². The van der Waals surface area contributed by atoms with E-state index in [1.54, 1.807) is 6.07 Å². The maximum Gasteiger partial charge on any atom is 0.128 e. The molecule has 0 amide bonds. The van der Waals surface area contributed by atoms with E-state index in [9.17, 15) is 9.18 Å². The van der Waals surface area contributed by atoms with Crippen LogP contribution in [0.15, 0.2) is 12.1 Å². The average molecular weight is 209 g/mol. The zero-order chi connectivity index (χ0) is 10.1. The first kappa shape index (κ1) is 9.27.